The minimum absolute atomic E-state index is 0.0618. The van der Waals surface area contributed by atoms with E-state index in [-0.39, 0.29) is 29.8 Å². The van der Waals surface area contributed by atoms with Crippen LogP contribution >= 0.6 is 0 Å². The molecule has 0 bridgehead atoms. The Labute approximate surface area is 223 Å². The number of aryl methyl sites for hydroxylation is 1. The monoisotopic (exact) mass is 504 g/mol. The summed E-state index contributed by atoms with van der Waals surface area (Å²) in [6.45, 7) is 15.3. The molecule has 3 atom stereocenters. The van der Waals surface area contributed by atoms with E-state index in [2.05, 4.69) is 50.9 Å². The van der Waals surface area contributed by atoms with E-state index in [1.54, 1.807) is 6.20 Å². The van der Waals surface area contributed by atoms with Crippen LogP contribution in [0.2, 0.25) is 0 Å². The summed E-state index contributed by atoms with van der Waals surface area (Å²) in [6, 6.07) is 14.9. The number of aromatic nitrogens is 2. The second-order valence-electron chi connectivity index (χ2n) is 10.5. The topological polar surface area (TPSA) is 53.4 Å². The molecule has 0 fully saturated rings. The smallest absolute Gasteiger partial charge is 0.306 e. The SMILES string of the molecule is CC.CCOC(=O)CC(c1ccc(OC(C)c2ccc3c(c2)C(C)CCC3(C)C)cc1)c1nccn1C. The number of fused-ring (bicyclic) bond motifs is 1. The maximum atomic E-state index is 12.3. The molecule has 0 spiro atoms. The van der Waals surface area contributed by atoms with Crippen molar-refractivity contribution in [2.24, 2.45) is 7.05 Å². The lowest BCUT2D eigenvalue weighted by molar-refractivity contribution is -0.143. The average molecular weight is 505 g/mol. The Hall–Kier alpha value is -3.08. The van der Waals surface area contributed by atoms with Crippen molar-refractivity contribution in [1.82, 2.24) is 9.55 Å². The van der Waals surface area contributed by atoms with E-state index in [4.69, 9.17) is 9.47 Å². The van der Waals surface area contributed by atoms with Gasteiger partial charge in [-0.15, -0.1) is 0 Å². The highest BCUT2D eigenvalue weighted by Gasteiger charge is 2.31. The van der Waals surface area contributed by atoms with Crippen molar-refractivity contribution in [3.05, 3.63) is 82.9 Å². The Bertz CT molecular complexity index is 1160. The first-order chi connectivity index (χ1) is 17.7. The van der Waals surface area contributed by atoms with Crippen LogP contribution in [0.3, 0.4) is 0 Å². The molecule has 0 N–H and O–H groups in total. The number of ether oxygens (including phenoxy) is 2. The third kappa shape index (κ3) is 6.63. The van der Waals surface area contributed by atoms with Crippen molar-refractivity contribution < 1.29 is 14.3 Å². The van der Waals surface area contributed by atoms with Gasteiger partial charge in [-0.2, -0.15) is 0 Å². The van der Waals surface area contributed by atoms with Crippen molar-refractivity contribution in [1.29, 1.82) is 0 Å². The van der Waals surface area contributed by atoms with Crippen LogP contribution in [-0.4, -0.2) is 22.1 Å². The van der Waals surface area contributed by atoms with Crippen LogP contribution in [0.5, 0.6) is 5.75 Å². The van der Waals surface area contributed by atoms with Gasteiger partial charge in [0, 0.05) is 19.4 Å². The van der Waals surface area contributed by atoms with E-state index in [9.17, 15) is 4.79 Å². The average Bonchev–Trinajstić information content (AvgIpc) is 3.32. The van der Waals surface area contributed by atoms with E-state index in [1.165, 1.54) is 29.5 Å². The van der Waals surface area contributed by atoms with Gasteiger partial charge in [-0.1, -0.05) is 65.0 Å². The molecule has 0 amide bonds. The van der Waals surface area contributed by atoms with Crippen LogP contribution in [0.15, 0.2) is 54.9 Å². The number of benzene rings is 2. The summed E-state index contributed by atoms with van der Waals surface area (Å²) >= 11 is 0. The number of rotatable bonds is 8. The van der Waals surface area contributed by atoms with Crippen LogP contribution in [-0.2, 0) is 22.0 Å². The highest BCUT2D eigenvalue weighted by Crippen LogP contribution is 2.43. The number of carbonyl (C=O) groups is 1. The summed E-state index contributed by atoms with van der Waals surface area (Å²) in [4.78, 5) is 16.8. The molecule has 0 saturated carbocycles. The third-order valence-electron chi connectivity index (χ3n) is 7.45. The molecule has 37 heavy (non-hydrogen) atoms. The van der Waals surface area contributed by atoms with Gasteiger partial charge < -0.3 is 14.0 Å². The largest absolute Gasteiger partial charge is 0.486 e. The summed E-state index contributed by atoms with van der Waals surface area (Å²) in [7, 11) is 1.94. The standard InChI is InChI=1S/C30H38N2O3.C2H6/c1-7-34-28(33)19-26(29-31-16-17-32(29)6)22-8-11-24(12-9-22)35-21(3)23-10-13-27-25(18-23)20(2)14-15-30(27,4)5;1-2/h8-13,16-18,20-21,26H,7,14-15,19H2,1-6H3;1-2H3. The van der Waals surface area contributed by atoms with Crippen molar-refractivity contribution >= 4 is 5.97 Å². The minimum Gasteiger partial charge on any atom is -0.486 e. The molecule has 0 radical (unpaired) electrons. The zero-order valence-electron chi connectivity index (χ0n) is 23.9. The Morgan fingerprint density at radius 1 is 1.14 bits per heavy atom. The number of nitrogens with zero attached hydrogens (tertiary/aromatic N) is 2. The molecule has 5 nitrogen and oxygen atoms in total. The molecule has 4 rings (SSSR count). The maximum absolute atomic E-state index is 12.3. The molecular formula is C32H44N2O3. The predicted octanol–water partition coefficient (Wildman–Crippen LogP) is 7.85. The van der Waals surface area contributed by atoms with Gasteiger partial charge in [0.25, 0.3) is 0 Å². The second kappa shape index (κ2) is 12.4. The number of hydrogen-bond donors (Lipinski definition) is 0. The van der Waals surface area contributed by atoms with Gasteiger partial charge in [0.2, 0.25) is 0 Å². The molecule has 0 saturated heterocycles. The molecule has 200 valence electrons. The molecule has 3 unspecified atom stereocenters. The number of esters is 1. The van der Waals surface area contributed by atoms with E-state index in [0.717, 1.165) is 17.1 Å². The first-order valence-corrected chi connectivity index (χ1v) is 13.7. The molecular weight excluding hydrogens is 460 g/mol. The zero-order chi connectivity index (χ0) is 27.2. The van der Waals surface area contributed by atoms with Crippen LogP contribution in [0, 0.1) is 0 Å². The van der Waals surface area contributed by atoms with E-state index in [0.29, 0.717) is 12.5 Å². The van der Waals surface area contributed by atoms with Crippen LogP contribution < -0.4 is 4.74 Å². The van der Waals surface area contributed by atoms with Crippen LogP contribution in [0.4, 0.5) is 0 Å². The summed E-state index contributed by atoms with van der Waals surface area (Å²) in [5, 5.41) is 0. The van der Waals surface area contributed by atoms with Crippen molar-refractivity contribution in [2.75, 3.05) is 6.61 Å². The van der Waals surface area contributed by atoms with Crippen molar-refractivity contribution in [3.8, 4) is 5.75 Å². The summed E-state index contributed by atoms with van der Waals surface area (Å²) in [5.41, 5.74) is 5.37. The number of hydrogen-bond acceptors (Lipinski definition) is 4. The van der Waals surface area contributed by atoms with Gasteiger partial charge in [-0.05, 0) is 72.4 Å². The lowest BCUT2D eigenvalue weighted by Crippen LogP contribution is -2.25. The lowest BCUT2D eigenvalue weighted by Gasteiger charge is -2.36. The first-order valence-electron chi connectivity index (χ1n) is 13.7. The molecule has 1 aliphatic carbocycles. The van der Waals surface area contributed by atoms with Gasteiger partial charge in [0.1, 0.15) is 17.7 Å². The Kier molecular flexibility index (Phi) is 9.58. The molecule has 1 aromatic heterocycles. The predicted molar refractivity (Wildman–Crippen MR) is 150 cm³/mol. The second-order valence-corrected chi connectivity index (χ2v) is 10.5. The van der Waals surface area contributed by atoms with Gasteiger partial charge in [0.15, 0.2) is 0 Å². The molecule has 2 aromatic carbocycles. The van der Waals surface area contributed by atoms with Gasteiger partial charge in [0.05, 0.1) is 18.9 Å². The van der Waals surface area contributed by atoms with Gasteiger partial charge in [-0.25, -0.2) is 4.98 Å². The van der Waals surface area contributed by atoms with Gasteiger partial charge in [-0.3, -0.25) is 4.79 Å². The van der Waals surface area contributed by atoms with Crippen LogP contribution in [0.25, 0.3) is 0 Å². The first kappa shape index (κ1) is 28.5. The van der Waals surface area contributed by atoms with E-state index in [1.807, 2.05) is 62.8 Å². The maximum Gasteiger partial charge on any atom is 0.306 e. The van der Waals surface area contributed by atoms with Crippen molar-refractivity contribution in [2.45, 2.75) is 91.1 Å². The summed E-state index contributed by atoms with van der Waals surface area (Å²) in [5.74, 6) is 1.82. The highest BCUT2D eigenvalue weighted by molar-refractivity contribution is 5.71. The Morgan fingerprint density at radius 3 is 2.43 bits per heavy atom. The lowest BCUT2D eigenvalue weighted by atomic mass is 9.69. The molecule has 1 aliphatic rings. The van der Waals surface area contributed by atoms with E-state index >= 15 is 0 Å². The normalized spacial score (nSPS) is 17.6. The fourth-order valence-electron chi connectivity index (χ4n) is 5.23. The molecule has 0 aliphatic heterocycles. The van der Waals surface area contributed by atoms with Crippen molar-refractivity contribution in [3.63, 3.8) is 0 Å². The summed E-state index contributed by atoms with van der Waals surface area (Å²) in [6.07, 6.45) is 6.30. The fraction of sp³-hybridized carbons (Fsp3) is 0.500. The molecule has 5 heteroatoms. The van der Waals surface area contributed by atoms with Gasteiger partial charge >= 0.3 is 5.97 Å². The third-order valence-corrected chi connectivity index (χ3v) is 7.45. The van der Waals surface area contributed by atoms with E-state index < -0.39 is 0 Å². The molecule has 1 heterocycles. The zero-order valence-corrected chi connectivity index (χ0v) is 23.9. The highest BCUT2D eigenvalue weighted by atomic mass is 16.5. The number of carbonyl (C=O) groups excluding carboxylic acids is 1. The van der Waals surface area contributed by atoms with Crippen LogP contribution in [0.1, 0.15) is 114 Å². The Balaban J connectivity index is 0.00000186. The quantitative estimate of drug-likeness (QED) is 0.293. The molecule has 3 aromatic rings. The minimum atomic E-state index is -0.223. The number of imidazole rings is 1. The summed E-state index contributed by atoms with van der Waals surface area (Å²) < 4.78 is 13.5. The Morgan fingerprint density at radius 2 is 1.81 bits per heavy atom. The fourth-order valence-corrected chi connectivity index (χ4v) is 5.23.